The number of hydrogen-bond donors (Lipinski definition) is 1. The first-order valence-corrected chi connectivity index (χ1v) is 11.4. The molecule has 1 aliphatic heterocycles. The largest absolute Gasteiger partial charge is 0.457 e. The van der Waals surface area contributed by atoms with Crippen LogP contribution in [0.2, 0.25) is 0 Å². The molecule has 1 atom stereocenters. The van der Waals surface area contributed by atoms with E-state index in [1.54, 1.807) is 11.8 Å². The lowest BCUT2D eigenvalue weighted by atomic mass is 10.1. The summed E-state index contributed by atoms with van der Waals surface area (Å²) in [5, 5.41) is 0.713. The Morgan fingerprint density at radius 3 is 2.42 bits per heavy atom. The number of aromatic nitrogens is 1. The first-order valence-electron chi connectivity index (χ1n) is 10.6. The predicted octanol–water partition coefficient (Wildman–Crippen LogP) is 3.76. The minimum atomic E-state index is -0.516. The molecule has 4 rings (SSSR count). The average molecular weight is 461 g/mol. The van der Waals surface area contributed by atoms with Gasteiger partial charge in [0.25, 0.3) is 11.8 Å². The second-order valence-corrected chi connectivity index (χ2v) is 8.62. The van der Waals surface area contributed by atoms with Gasteiger partial charge in [0.1, 0.15) is 16.4 Å². The summed E-state index contributed by atoms with van der Waals surface area (Å²) < 4.78 is 5.85. The number of thiazole rings is 1. The van der Waals surface area contributed by atoms with E-state index < -0.39 is 5.91 Å². The fraction of sp³-hybridized carbons (Fsp3) is 0.240. The van der Waals surface area contributed by atoms with Crippen LogP contribution in [0.25, 0.3) is 11.3 Å². The molecule has 2 N–H and O–H groups in total. The number of rotatable bonds is 5. The van der Waals surface area contributed by atoms with Gasteiger partial charge in [-0.2, -0.15) is 0 Å². The van der Waals surface area contributed by atoms with Crippen LogP contribution in [0, 0.1) is 11.8 Å². The highest BCUT2D eigenvalue weighted by Gasteiger charge is 2.29. The molecule has 0 spiro atoms. The number of amides is 2. The van der Waals surface area contributed by atoms with Crippen molar-refractivity contribution in [2.45, 2.75) is 19.9 Å². The zero-order chi connectivity index (χ0) is 23.4. The molecule has 1 aromatic heterocycles. The van der Waals surface area contributed by atoms with Crippen LogP contribution in [0.15, 0.2) is 54.6 Å². The molecule has 33 heavy (non-hydrogen) atoms. The predicted molar refractivity (Wildman–Crippen MR) is 129 cm³/mol. The normalized spacial score (nSPS) is 15.5. The molecule has 0 unspecified atom stereocenters. The fourth-order valence-electron chi connectivity index (χ4n) is 3.71. The van der Waals surface area contributed by atoms with Crippen LogP contribution in [0.1, 0.15) is 23.5 Å². The monoisotopic (exact) mass is 460 g/mol. The first-order chi connectivity index (χ1) is 16.0. The molecule has 8 heteroatoms. The van der Waals surface area contributed by atoms with Crippen LogP contribution < -0.4 is 15.4 Å². The summed E-state index contributed by atoms with van der Waals surface area (Å²) in [5.74, 6) is 6.00. The van der Waals surface area contributed by atoms with Gasteiger partial charge in [-0.1, -0.05) is 35.5 Å². The Bertz CT molecular complexity index is 1210. The van der Waals surface area contributed by atoms with Crippen LogP contribution in [0.3, 0.4) is 0 Å². The lowest BCUT2D eigenvalue weighted by molar-refractivity contribution is -0.125. The number of para-hydroxylation sites is 1. The van der Waals surface area contributed by atoms with Crippen LogP contribution >= 0.6 is 11.3 Å². The summed E-state index contributed by atoms with van der Waals surface area (Å²) in [6.45, 7) is 5.37. The summed E-state index contributed by atoms with van der Waals surface area (Å²) in [5.41, 5.74) is 7.01. The molecule has 0 radical (unpaired) electrons. The van der Waals surface area contributed by atoms with Gasteiger partial charge in [0.05, 0.1) is 5.69 Å². The van der Waals surface area contributed by atoms with Crippen molar-refractivity contribution >= 4 is 28.3 Å². The third kappa shape index (κ3) is 4.99. The fourth-order valence-corrected chi connectivity index (χ4v) is 4.78. The lowest BCUT2D eigenvalue weighted by Gasteiger charge is -2.39. The van der Waals surface area contributed by atoms with Crippen molar-refractivity contribution < 1.29 is 14.3 Å². The van der Waals surface area contributed by atoms with Crippen molar-refractivity contribution in [2.75, 3.05) is 24.5 Å². The smallest absolute Gasteiger partial charge is 0.298 e. The van der Waals surface area contributed by atoms with Crippen LogP contribution in [-0.2, 0) is 4.79 Å². The number of benzene rings is 2. The molecule has 168 valence electrons. The van der Waals surface area contributed by atoms with E-state index in [1.165, 1.54) is 11.3 Å². The van der Waals surface area contributed by atoms with E-state index in [0.717, 1.165) is 11.3 Å². The summed E-state index contributed by atoms with van der Waals surface area (Å²) in [6, 6.07) is 17.0. The molecule has 1 aliphatic rings. The van der Waals surface area contributed by atoms with Gasteiger partial charge in [-0.3, -0.25) is 9.59 Å². The summed E-state index contributed by atoms with van der Waals surface area (Å²) in [4.78, 5) is 33.3. The minimum absolute atomic E-state index is 0.0303. The molecule has 2 amide bonds. The quantitative estimate of drug-likeness (QED) is 0.586. The third-order valence-electron chi connectivity index (χ3n) is 5.34. The van der Waals surface area contributed by atoms with Crippen LogP contribution in [-0.4, -0.2) is 47.4 Å². The Kier molecular flexibility index (Phi) is 6.61. The Morgan fingerprint density at radius 1 is 1.09 bits per heavy atom. The zero-order valence-corrected chi connectivity index (χ0v) is 19.3. The van der Waals surface area contributed by atoms with Gasteiger partial charge in [-0.05, 0) is 56.2 Å². The van der Waals surface area contributed by atoms with Crippen LogP contribution in [0.5, 0.6) is 11.5 Å². The van der Waals surface area contributed by atoms with Crippen molar-refractivity contribution in [1.29, 1.82) is 0 Å². The Hall–Kier alpha value is -3.83. The number of anilines is 1. The molecule has 0 saturated carbocycles. The number of ether oxygens (including phenoxy) is 1. The number of carbonyl (C=O) groups excluding carboxylic acids is 2. The standard InChI is InChI=1S/C25H24N4O3S/c1-3-7-21(30)28-14-15-29(17(2)16-28)25-27-22(23(33-25)24(26)31)18-10-12-20(13-11-18)32-19-8-5-4-6-9-19/h4-6,8-13,17H,14-16H2,1-2H3,(H2,26,31)/t17-/m0/s1. The second-order valence-electron chi connectivity index (χ2n) is 7.65. The SMILES string of the molecule is CC#CC(=O)N1CCN(c2nc(-c3ccc(Oc4ccccc4)cc3)c(C(N)=O)s2)[C@@H](C)C1. The maximum absolute atomic E-state index is 12.2. The Labute approximate surface area is 196 Å². The number of nitrogens with zero attached hydrogens (tertiary/aromatic N) is 3. The molecule has 7 nitrogen and oxygen atoms in total. The Balaban J connectivity index is 1.55. The molecule has 1 fully saturated rings. The highest BCUT2D eigenvalue weighted by molar-refractivity contribution is 7.18. The van der Waals surface area contributed by atoms with E-state index in [1.807, 2.05) is 61.5 Å². The highest BCUT2D eigenvalue weighted by atomic mass is 32.1. The van der Waals surface area contributed by atoms with Crippen molar-refractivity contribution in [1.82, 2.24) is 9.88 Å². The summed E-state index contributed by atoms with van der Waals surface area (Å²) in [6.07, 6.45) is 0. The average Bonchev–Trinajstić information content (AvgIpc) is 3.26. The zero-order valence-electron chi connectivity index (χ0n) is 18.4. The van der Waals surface area contributed by atoms with E-state index in [9.17, 15) is 9.59 Å². The minimum Gasteiger partial charge on any atom is -0.457 e. The van der Waals surface area contributed by atoms with Gasteiger partial charge < -0.3 is 20.3 Å². The number of piperazine rings is 1. The molecule has 0 bridgehead atoms. The van der Waals surface area contributed by atoms with E-state index in [4.69, 9.17) is 15.5 Å². The van der Waals surface area contributed by atoms with E-state index in [2.05, 4.69) is 16.7 Å². The molecular weight excluding hydrogens is 436 g/mol. The van der Waals surface area contributed by atoms with Crippen molar-refractivity contribution in [3.63, 3.8) is 0 Å². The lowest BCUT2D eigenvalue weighted by Crippen LogP contribution is -2.53. The number of carbonyl (C=O) groups is 2. The van der Waals surface area contributed by atoms with E-state index in [-0.39, 0.29) is 11.9 Å². The maximum Gasteiger partial charge on any atom is 0.298 e. The van der Waals surface area contributed by atoms with E-state index in [0.29, 0.717) is 41.1 Å². The van der Waals surface area contributed by atoms with E-state index >= 15 is 0 Å². The second kappa shape index (κ2) is 9.76. The van der Waals surface area contributed by atoms with Gasteiger partial charge in [0, 0.05) is 31.2 Å². The molecule has 0 aliphatic carbocycles. The summed E-state index contributed by atoms with van der Waals surface area (Å²) in [7, 11) is 0. The number of hydrogen-bond acceptors (Lipinski definition) is 6. The van der Waals surface area contributed by atoms with Crippen molar-refractivity contribution in [3.8, 4) is 34.6 Å². The topological polar surface area (TPSA) is 88.8 Å². The molecule has 3 aromatic rings. The van der Waals surface area contributed by atoms with Gasteiger partial charge in [-0.25, -0.2) is 4.98 Å². The molecule has 1 saturated heterocycles. The highest BCUT2D eigenvalue weighted by Crippen LogP contribution is 2.35. The van der Waals surface area contributed by atoms with Gasteiger partial charge in [-0.15, -0.1) is 0 Å². The molecule has 2 heterocycles. The maximum atomic E-state index is 12.2. The van der Waals surface area contributed by atoms with Gasteiger partial charge >= 0.3 is 0 Å². The first kappa shape index (κ1) is 22.4. The van der Waals surface area contributed by atoms with Crippen LogP contribution in [0.4, 0.5) is 5.13 Å². The number of nitrogens with two attached hydrogens (primary N) is 1. The van der Waals surface area contributed by atoms with Gasteiger partial charge in [0.15, 0.2) is 5.13 Å². The third-order valence-corrected chi connectivity index (χ3v) is 6.45. The van der Waals surface area contributed by atoms with Gasteiger partial charge in [0.2, 0.25) is 0 Å². The van der Waals surface area contributed by atoms with Crippen molar-refractivity contribution in [2.24, 2.45) is 5.73 Å². The molecular formula is C25H24N4O3S. The Morgan fingerprint density at radius 2 is 1.79 bits per heavy atom. The summed E-state index contributed by atoms with van der Waals surface area (Å²) >= 11 is 1.28. The van der Waals surface area contributed by atoms with Crippen molar-refractivity contribution in [3.05, 3.63) is 59.5 Å². The molecule has 2 aromatic carbocycles. The number of primary amides is 1.